The highest BCUT2D eigenvalue weighted by Crippen LogP contribution is 2.31. The first-order valence-electron chi connectivity index (χ1n) is 9.69. The first-order valence-corrected chi connectivity index (χ1v) is 11.1. The second-order valence-corrected chi connectivity index (χ2v) is 9.06. The van der Waals surface area contributed by atoms with Crippen LogP contribution in [-0.2, 0) is 16.6 Å². The molecule has 0 aliphatic heterocycles. The number of hydrogen-bond acceptors (Lipinski definition) is 5. The summed E-state index contributed by atoms with van der Waals surface area (Å²) in [5, 5.41) is 9.93. The third kappa shape index (κ3) is 3.90. The Labute approximate surface area is 185 Å². The molecule has 0 radical (unpaired) electrons. The number of benzene rings is 2. The molecule has 2 aromatic heterocycles. The second-order valence-electron chi connectivity index (χ2n) is 7.24. The van der Waals surface area contributed by atoms with Gasteiger partial charge in [0, 0.05) is 31.0 Å². The molecule has 4 rings (SSSR count). The van der Waals surface area contributed by atoms with E-state index in [0.29, 0.717) is 16.5 Å². The fraction of sp³-hybridized carbons (Fsp3) is 0.130. The maximum atomic E-state index is 13.4. The molecule has 2 aromatic carbocycles. The van der Waals surface area contributed by atoms with Crippen LogP contribution in [0.2, 0.25) is 0 Å². The van der Waals surface area contributed by atoms with Crippen LogP contribution in [0.15, 0.2) is 78.1 Å². The Morgan fingerprint density at radius 1 is 1.12 bits per heavy atom. The average molecular weight is 452 g/mol. The molecule has 0 atom stereocenters. The van der Waals surface area contributed by atoms with Crippen molar-refractivity contribution in [2.75, 3.05) is 14.2 Å². The van der Waals surface area contributed by atoms with Crippen molar-refractivity contribution in [3.05, 3.63) is 78.8 Å². The lowest BCUT2D eigenvalue weighted by Gasteiger charge is -2.11. The van der Waals surface area contributed by atoms with Crippen molar-refractivity contribution in [2.24, 2.45) is 0 Å². The largest absolute Gasteiger partial charge is 0.497 e. The van der Waals surface area contributed by atoms with Crippen LogP contribution in [0.1, 0.15) is 5.56 Å². The second kappa shape index (κ2) is 8.35. The van der Waals surface area contributed by atoms with E-state index < -0.39 is 16.1 Å². The molecular formula is C23H21N3O5S. The molecule has 1 N–H and O–H groups in total. The minimum atomic E-state index is -3.94. The number of amides is 1. The molecule has 0 aliphatic carbocycles. The molecule has 0 bridgehead atoms. The third-order valence-corrected chi connectivity index (χ3v) is 6.86. The molecule has 2 heterocycles. The quantitative estimate of drug-likeness (QED) is 0.474. The zero-order valence-corrected chi connectivity index (χ0v) is 18.3. The van der Waals surface area contributed by atoms with Gasteiger partial charge in [0.15, 0.2) is 0 Å². The lowest BCUT2D eigenvalue weighted by molar-refractivity contribution is 0.154. The maximum absolute atomic E-state index is 13.4. The molecule has 8 nitrogen and oxygen atoms in total. The van der Waals surface area contributed by atoms with E-state index in [1.807, 2.05) is 36.4 Å². The molecule has 9 heteroatoms. The zero-order chi connectivity index (χ0) is 22.9. The highest BCUT2D eigenvalue weighted by Gasteiger charge is 2.23. The molecule has 0 saturated carbocycles. The standard InChI is InChI=1S/C23H21N3O5S/c1-25(23(27)28)14-18-15-26(32(29,30)20-4-3-11-24-13-20)22-12-17(7-10-21(18)22)16-5-8-19(31-2)9-6-16/h3-13,15H,14H2,1-2H3,(H,27,28). The predicted molar refractivity (Wildman–Crippen MR) is 120 cm³/mol. The molecule has 4 aromatic rings. The van der Waals surface area contributed by atoms with Gasteiger partial charge in [0.25, 0.3) is 10.0 Å². The Balaban J connectivity index is 1.91. The van der Waals surface area contributed by atoms with Gasteiger partial charge >= 0.3 is 6.09 Å². The number of nitrogens with zero attached hydrogens (tertiary/aromatic N) is 3. The lowest BCUT2D eigenvalue weighted by Crippen LogP contribution is -2.23. The summed E-state index contributed by atoms with van der Waals surface area (Å²) in [4.78, 5) is 16.4. The number of fused-ring (bicyclic) bond motifs is 1. The van der Waals surface area contributed by atoms with Gasteiger partial charge in [-0.05, 0) is 47.0 Å². The summed E-state index contributed by atoms with van der Waals surface area (Å²) in [7, 11) is -0.915. The number of rotatable bonds is 6. The van der Waals surface area contributed by atoms with Crippen molar-refractivity contribution in [3.63, 3.8) is 0 Å². The van der Waals surface area contributed by atoms with E-state index in [4.69, 9.17) is 4.74 Å². The first kappa shape index (κ1) is 21.4. The molecule has 32 heavy (non-hydrogen) atoms. The summed E-state index contributed by atoms with van der Waals surface area (Å²) >= 11 is 0. The number of methoxy groups -OCH3 is 1. The van der Waals surface area contributed by atoms with Gasteiger partial charge in [-0.25, -0.2) is 17.2 Å². The number of hydrogen-bond donors (Lipinski definition) is 1. The number of aromatic nitrogens is 2. The molecular weight excluding hydrogens is 430 g/mol. The Morgan fingerprint density at radius 3 is 2.47 bits per heavy atom. The molecule has 1 amide bonds. The van der Waals surface area contributed by atoms with E-state index in [1.54, 1.807) is 19.2 Å². The molecule has 0 saturated heterocycles. The number of ether oxygens (including phenoxy) is 1. The van der Waals surface area contributed by atoms with Crippen molar-refractivity contribution >= 4 is 27.0 Å². The van der Waals surface area contributed by atoms with Gasteiger partial charge in [0.2, 0.25) is 0 Å². The normalized spacial score (nSPS) is 11.4. The van der Waals surface area contributed by atoms with Crippen molar-refractivity contribution in [1.29, 1.82) is 0 Å². The van der Waals surface area contributed by atoms with E-state index in [9.17, 15) is 18.3 Å². The highest BCUT2D eigenvalue weighted by atomic mass is 32.2. The van der Waals surface area contributed by atoms with E-state index in [2.05, 4.69) is 4.98 Å². The van der Waals surface area contributed by atoms with Crippen molar-refractivity contribution in [3.8, 4) is 16.9 Å². The number of pyridine rings is 1. The fourth-order valence-electron chi connectivity index (χ4n) is 3.49. The van der Waals surface area contributed by atoms with Crippen LogP contribution in [0.3, 0.4) is 0 Å². The molecule has 0 aliphatic rings. The van der Waals surface area contributed by atoms with Gasteiger partial charge in [-0.3, -0.25) is 4.98 Å². The summed E-state index contributed by atoms with van der Waals surface area (Å²) in [6, 6.07) is 16.0. The summed E-state index contributed by atoms with van der Waals surface area (Å²) in [6.07, 6.45) is 3.17. The van der Waals surface area contributed by atoms with Crippen LogP contribution < -0.4 is 4.74 Å². The molecule has 0 spiro atoms. The van der Waals surface area contributed by atoms with Crippen molar-refractivity contribution in [2.45, 2.75) is 11.4 Å². The van der Waals surface area contributed by atoms with Gasteiger partial charge in [0.05, 0.1) is 19.2 Å². The van der Waals surface area contributed by atoms with Gasteiger partial charge < -0.3 is 14.7 Å². The van der Waals surface area contributed by atoms with Crippen LogP contribution in [0, 0.1) is 0 Å². The molecule has 0 fully saturated rings. The Morgan fingerprint density at radius 2 is 1.84 bits per heavy atom. The van der Waals surface area contributed by atoms with Crippen LogP contribution in [0.4, 0.5) is 4.79 Å². The minimum absolute atomic E-state index is 0.0449. The van der Waals surface area contributed by atoms with E-state index in [0.717, 1.165) is 21.8 Å². The minimum Gasteiger partial charge on any atom is -0.497 e. The van der Waals surface area contributed by atoms with Crippen LogP contribution in [0.25, 0.3) is 22.0 Å². The third-order valence-electron chi connectivity index (χ3n) is 5.20. The van der Waals surface area contributed by atoms with E-state index in [1.165, 1.54) is 35.7 Å². The fourth-order valence-corrected chi connectivity index (χ4v) is 4.84. The smallest absolute Gasteiger partial charge is 0.407 e. The monoisotopic (exact) mass is 451 g/mol. The van der Waals surface area contributed by atoms with E-state index >= 15 is 0 Å². The predicted octanol–water partition coefficient (Wildman–Crippen LogP) is 4.06. The topological polar surface area (TPSA) is 102 Å². The number of carboxylic acid groups (broad SMARTS) is 1. The van der Waals surface area contributed by atoms with Crippen LogP contribution >= 0.6 is 0 Å². The van der Waals surface area contributed by atoms with Gasteiger partial charge in [-0.15, -0.1) is 0 Å². The highest BCUT2D eigenvalue weighted by molar-refractivity contribution is 7.90. The Kier molecular flexibility index (Phi) is 5.58. The van der Waals surface area contributed by atoms with Crippen molar-refractivity contribution in [1.82, 2.24) is 13.9 Å². The lowest BCUT2D eigenvalue weighted by atomic mass is 10.0. The summed E-state index contributed by atoms with van der Waals surface area (Å²) in [5.74, 6) is 0.719. The van der Waals surface area contributed by atoms with Crippen LogP contribution in [0.5, 0.6) is 5.75 Å². The maximum Gasteiger partial charge on any atom is 0.407 e. The SMILES string of the molecule is COc1ccc(-c2ccc3c(CN(C)C(=O)O)cn(S(=O)(=O)c4cccnc4)c3c2)cc1. The Bertz CT molecular complexity index is 1380. The summed E-state index contributed by atoms with van der Waals surface area (Å²) in [6.45, 7) is 0.0449. The van der Waals surface area contributed by atoms with Crippen LogP contribution in [-0.4, -0.2) is 47.6 Å². The summed E-state index contributed by atoms with van der Waals surface area (Å²) < 4.78 is 33.2. The first-order chi connectivity index (χ1) is 15.3. The summed E-state index contributed by atoms with van der Waals surface area (Å²) in [5.41, 5.74) is 2.75. The molecule has 0 unspecified atom stereocenters. The number of carbonyl (C=O) groups is 1. The zero-order valence-electron chi connectivity index (χ0n) is 17.5. The van der Waals surface area contributed by atoms with Gasteiger partial charge in [-0.1, -0.05) is 24.3 Å². The van der Waals surface area contributed by atoms with Gasteiger partial charge in [0.1, 0.15) is 10.6 Å². The Hall–Kier alpha value is -3.85. The van der Waals surface area contributed by atoms with E-state index in [-0.39, 0.29) is 11.4 Å². The average Bonchev–Trinajstić information content (AvgIpc) is 3.18. The van der Waals surface area contributed by atoms with Gasteiger partial charge in [-0.2, -0.15) is 0 Å². The molecule has 164 valence electrons. The van der Waals surface area contributed by atoms with Crippen molar-refractivity contribution < 1.29 is 23.1 Å².